The summed E-state index contributed by atoms with van der Waals surface area (Å²) in [5.41, 5.74) is 0.634. The van der Waals surface area contributed by atoms with E-state index < -0.39 is 5.97 Å². The third-order valence-corrected chi connectivity index (χ3v) is 2.79. The number of aromatic nitrogens is 1. The molecule has 2 rings (SSSR count). The van der Waals surface area contributed by atoms with Crippen LogP contribution in [0.1, 0.15) is 9.80 Å². The Bertz CT molecular complexity index is 480. The Kier molecular flexibility index (Phi) is 1.94. The maximum absolute atomic E-state index is 10.6. The zero-order chi connectivity index (χ0) is 9.42. The summed E-state index contributed by atoms with van der Waals surface area (Å²) in [6.45, 7) is 0. The number of hydrogen-bond donors (Lipinski definition) is 1. The molecule has 1 N–H and O–H groups in total. The van der Waals surface area contributed by atoms with Crippen LogP contribution in [0.5, 0.6) is 0 Å². The molecule has 3 nitrogen and oxygen atoms in total. The lowest BCUT2D eigenvalue weighted by molar-refractivity contribution is 0.0696. The minimum atomic E-state index is -1.00. The molecule has 0 aliphatic rings. The Balaban J connectivity index is 2.68. The molecule has 0 amide bonds. The molecule has 2 aromatic rings. The van der Waals surface area contributed by atoms with Gasteiger partial charge in [-0.2, -0.15) is 0 Å². The summed E-state index contributed by atoms with van der Waals surface area (Å²) < 4.78 is 0.835. The van der Waals surface area contributed by atoms with E-state index in [1.165, 1.54) is 0 Å². The highest BCUT2D eigenvalue weighted by Gasteiger charge is 2.09. The van der Waals surface area contributed by atoms with Crippen LogP contribution in [0.4, 0.5) is 0 Å². The third kappa shape index (κ3) is 1.50. The molecule has 1 aromatic carbocycles. The minimum Gasteiger partial charge on any atom is -0.476 e. The largest absolute Gasteiger partial charge is 0.476 e. The van der Waals surface area contributed by atoms with Crippen LogP contribution in [-0.4, -0.2) is 16.1 Å². The molecular weight excluding hydrogens is 210 g/mol. The monoisotopic (exact) mass is 213 g/mol. The highest BCUT2D eigenvalue weighted by atomic mass is 35.5. The van der Waals surface area contributed by atoms with Gasteiger partial charge in [0.05, 0.1) is 10.2 Å². The molecule has 0 atom stereocenters. The predicted octanol–water partition coefficient (Wildman–Crippen LogP) is 2.65. The maximum Gasteiger partial charge on any atom is 0.365 e. The van der Waals surface area contributed by atoms with Gasteiger partial charge in [0, 0.05) is 5.02 Å². The van der Waals surface area contributed by atoms with E-state index in [1.807, 2.05) is 0 Å². The molecule has 0 fully saturated rings. The molecule has 0 aliphatic heterocycles. The van der Waals surface area contributed by atoms with Crippen LogP contribution in [0.25, 0.3) is 10.2 Å². The van der Waals surface area contributed by atoms with Gasteiger partial charge in [-0.05, 0) is 18.2 Å². The van der Waals surface area contributed by atoms with E-state index in [4.69, 9.17) is 16.7 Å². The first-order valence-electron chi connectivity index (χ1n) is 3.46. The Labute approximate surface area is 82.6 Å². The number of fused-ring (bicyclic) bond motifs is 1. The fraction of sp³-hybridized carbons (Fsp3) is 0. The zero-order valence-corrected chi connectivity index (χ0v) is 7.89. The van der Waals surface area contributed by atoms with Gasteiger partial charge >= 0.3 is 5.97 Å². The first-order chi connectivity index (χ1) is 6.16. The van der Waals surface area contributed by atoms with Gasteiger partial charge in [0.25, 0.3) is 0 Å². The Morgan fingerprint density at radius 2 is 2.31 bits per heavy atom. The molecule has 0 spiro atoms. The number of carboxylic acid groups (broad SMARTS) is 1. The van der Waals surface area contributed by atoms with E-state index in [-0.39, 0.29) is 5.01 Å². The van der Waals surface area contributed by atoms with E-state index in [9.17, 15) is 4.79 Å². The standard InChI is InChI=1S/C8H4ClNO2S/c9-4-1-2-6-5(3-4)10-7(13-6)8(11)12/h1-3H,(H,11,12). The number of halogens is 1. The van der Waals surface area contributed by atoms with Crippen LogP contribution in [0.2, 0.25) is 5.02 Å². The maximum atomic E-state index is 10.6. The number of hydrogen-bond acceptors (Lipinski definition) is 3. The van der Waals surface area contributed by atoms with Crippen LogP contribution in [0.3, 0.4) is 0 Å². The average molecular weight is 214 g/mol. The van der Waals surface area contributed by atoms with Crippen LogP contribution >= 0.6 is 22.9 Å². The molecule has 0 radical (unpaired) electrons. The first-order valence-corrected chi connectivity index (χ1v) is 4.65. The topological polar surface area (TPSA) is 50.2 Å². The lowest BCUT2D eigenvalue weighted by Crippen LogP contribution is -1.93. The van der Waals surface area contributed by atoms with Crippen molar-refractivity contribution in [1.29, 1.82) is 0 Å². The van der Waals surface area contributed by atoms with Crippen LogP contribution in [0, 0.1) is 0 Å². The molecule has 0 aliphatic carbocycles. The number of benzene rings is 1. The van der Waals surface area contributed by atoms with Crippen molar-refractivity contribution in [2.75, 3.05) is 0 Å². The summed E-state index contributed by atoms with van der Waals surface area (Å²) in [5, 5.41) is 9.33. The lowest BCUT2D eigenvalue weighted by Gasteiger charge is -1.86. The summed E-state index contributed by atoms with van der Waals surface area (Å²) >= 11 is 6.87. The number of aromatic carboxylic acids is 1. The predicted molar refractivity (Wildman–Crippen MR) is 51.6 cm³/mol. The Morgan fingerprint density at radius 3 is 3.00 bits per heavy atom. The minimum absolute atomic E-state index is 0.0947. The molecule has 13 heavy (non-hydrogen) atoms. The van der Waals surface area contributed by atoms with Gasteiger partial charge in [-0.3, -0.25) is 0 Å². The zero-order valence-electron chi connectivity index (χ0n) is 6.32. The molecule has 0 saturated heterocycles. The van der Waals surface area contributed by atoms with Gasteiger partial charge in [-0.1, -0.05) is 11.6 Å². The molecule has 0 unspecified atom stereocenters. The van der Waals surface area contributed by atoms with Crippen molar-refractivity contribution in [2.24, 2.45) is 0 Å². The summed E-state index contributed by atoms with van der Waals surface area (Å²) in [6.07, 6.45) is 0. The Morgan fingerprint density at radius 1 is 1.54 bits per heavy atom. The van der Waals surface area contributed by atoms with Crippen molar-refractivity contribution in [3.8, 4) is 0 Å². The quantitative estimate of drug-likeness (QED) is 0.792. The first kappa shape index (κ1) is 8.47. The number of thiazole rings is 1. The van der Waals surface area contributed by atoms with Gasteiger partial charge < -0.3 is 5.11 Å². The molecule has 0 saturated carbocycles. The van der Waals surface area contributed by atoms with Crippen LogP contribution in [0.15, 0.2) is 18.2 Å². The van der Waals surface area contributed by atoms with E-state index in [1.54, 1.807) is 18.2 Å². The SMILES string of the molecule is O=C(O)c1nc2cc(Cl)ccc2s1. The molecule has 66 valence electrons. The van der Waals surface area contributed by atoms with Gasteiger partial charge in [0.1, 0.15) is 0 Å². The van der Waals surface area contributed by atoms with Crippen LogP contribution in [-0.2, 0) is 0 Å². The molecule has 1 aromatic heterocycles. The summed E-state index contributed by atoms with van der Waals surface area (Å²) in [6, 6.07) is 5.13. The van der Waals surface area contributed by atoms with Gasteiger partial charge in [0.2, 0.25) is 5.01 Å². The van der Waals surface area contributed by atoms with Crippen molar-refractivity contribution >= 4 is 39.1 Å². The summed E-state index contributed by atoms with van der Waals surface area (Å²) in [4.78, 5) is 14.5. The van der Waals surface area contributed by atoms with Crippen molar-refractivity contribution in [2.45, 2.75) is 0 Å². The highest BCUT2D eigenvalue weighted by molar-refractivity contribution is 7.20. The number of rotatable bonds is 1. The second-order valence-electron chi connectivity index (χ2n) is 2.44. The van der Waals surface area contributed by atoms with E-state index in [0.717, 1.165) is 16.0 Å². The smallest absolute Gasteiger partial charge is 0.365 e. The molecule has 0 bridgehead atoms. The summed E-state index contributed by atoms with van der Waals surface area (Å²) in [7, 11) is 0. The normalized spacial score (nSPS) is 10.5. The van der Waals surface area contributed by atoms with Gasteiger partial charge in [-0.15, -0.1) is 11.3 Å². The third-order valence-electron chi connectivity index (χ3n) is 1.53. The molecule has 1 heterocycles. The average Bonchev–Trinajstić information content (AvgIpc) is 2.46. The fourth-order valence-corrected chi connectivity index (χ4v) is 1.94. The van der Waals surface area contributed by atoms with E-state index in [0.29, 0.717) is 10.5 Å². The van der Waals surface area contributed by atoms with Gasteiger partial charge in [0.15, 0.2) is 0 Å². The van der Waals surface area contributed by atoms with Gasteiger partial charge in [-0.25, -0.2) is 9.78 Å². The number of nitrogens with zero attached hydrogens (tertiary/aromatic N) is 1. The second kappa shape index (κ2) is 2.97. The van der Waals surface area contributed by atoms with Crippen molar-refractivity contribution < 1.29 is 9.90 Å². The van der Waals surface area contributed by atoms with E-state index in [2.05, 4.69) is 4.98 Å². The highest BCUT2D eigenvalue weighted by Crippen LogP contribution is 2.24. The van der Waals surface area contributed by atoms with Crippen molar-refractivity contribution in [3.63, 3.8) is 0 Å². The number of carboxylic acids is 1. The molecule has 5 heteroatoms. The van der Waals surface area contributed by atoms with Crippen molar-refractivity contribution in [1.82, 2.24) is 4.98 Å². The summed E-state index contributed by atoms with van der Waals surface area (Å²) in [5.74, 6) is -1.00. The second-order valence-corrected chi connectivity index (χ2v) is 3.90. The fourth-order valence-electron chi connectivity index (χ4n) is 0.992. The molecular formula is C8H4ClNO2S. The van der Waals surface area contributed by atoms with Crippen molar-refractivity contribution in [3.05, 3.63) is 28.2 Å². The Hall–Kier alpha value is -1.13. The van der Waals surface area contributed by atoms with E-state index >= 15 is 0 Å². The van der Waals surface area contributed by atoms with Crippen LogP contribution < -0.4 is 0 Å². The lowest BCUT2D eigenvalue weighted by atomic mass is 10.3. The number of carbonyl (C=O) groups is 1.